The van der Waals surface area contributed by atoms with Crippen LogP contribution in [0.3, 0.4) is 0 Å². The third kappa shape index (κ3) is 2.58. The standard InChI is InChI=1S/C31H23NO/c1-3-18-13-19(4-2)22-9-10-23-24-11-12-32-31-27-15-20-7-5-6-8-21(20)16-28(27)33-29(30(24)31)17-26(23)25(22)14-18/h5-17H,3-4H2,1-2H3. The van der Waals surface area contributed by atoms with Crippen LogP contribution in [0.2, 0.25) is 0 Å². The van der Waals surface area contributed by atoms with Crippen LogP contribution in [-0.4, -0.2) is 4.98 Å². The molecular formula is C31H23NO. The van der Waals surface area contributed by atoms with Crippen molar-refractivity contribution in [1.29, 1.82) is 0 Å². The van der Waals surface area contributed by atoms with Gasteiger partial charge < -0.3 is 4.74 Å². The van der Waals surface area contributed by atoms with Gasteiger partial charge in [0, 0.05) is 11.8 Å². The second-order valence-corrected chi connectivity index (χ2v) is 8.97. The molecule has 1 aromatic heterocycles. The molecule has 2 nitrogen and oxygen atoms in total. The summed E-state index contributed by atoms with van der Waals surface area (Å²) in [4.78, 5) is 4.83. The largest absolute Gasteiger partial charge is 0.456 e. The monoisotopic (exact) mass is 425 g/mol. The minimum absolute atomic E-state index is 0.879. The zero-order chi connectivity index (χ0) is 22.1. The highest BCUT2D eigenvalue weighted by molar-refractivity contribution is 6.22. The lowest BCUT2D eigenvalue weighted by Crippen LogP contribution is -2.00. The van der Waals surface area contributed by atoms with Gasteiger partial charge in [-0.05, 0) is 85.9 Å². The second-order valence-electron chi connectivity index (χ2n) is 8.97. The lowest BCUT2D eigenvalue weighted by atomic mass is 9.90. The predicted molar refractivity (Wildman–Crippen MR) is 139 cm³/mol. The van der Waals surface area contributed by atoms with Gasteiger partial charge in [0.25, 0.3) is 0 Å². The Morgan fingerprint density at radius 3 is 2.27 bits per heavy atom. The Balaban J connectivity index is 1.62. The van der Waals surface area contributed by atoms with Gasteiger partial charge in [-0.15, -0.1) is 0 Å². The average Bonchev–Trinajstić information content (AvgIpc) is 2.87. The van der Waals surface area contributed by atoms with Gasteiger partial charge in [0.2, 0.25) is 0 Å². The van der Waals surface area contributed by atoms with Gasteiger partial charge in [0.1, 0.15) is 11.5 Å². The van der Waals surface area contributed by atoms with E-state index in [2.05, 4.69) is 86.6 Å². The van der Waals surface area contributed by atoms with Crippen molar-refractivity contribution < 1.29 is 4.74 Å². The topological polar surface area (TPSA) is 22.1 Å². The first-order valence-electron chi connectivity index (χ1n) is 11.8. The SMILES string of the molecule is CCc1cc(CC)c2ccc3c4ccnc5c4c(cc3c2c1)Oc1cc2ccccc2cc1-5. The summed E-state index contributed by atoms with van der Waals surface area (Å²) in [6.07, 6.45) is 4.00. The molecule has 6 aromatic rings. The number of ether oxygens (including phenoxy) is 1. The van der Waals surface area contributed by atoms with Crippen molar-refractivity contribution in [2.45, 2.75) is 26.7 Å². The Hall–Kier alpha value is -3.91. The van der Waals surface area contributed by atoms with Crippen LogP contribution in [-0.2, 0) is 12.8 Å². The zero-order valence-corrected chi connectivity index (χ0v) is 18.8. The van der Waals surface area contributed by atoms with Gasteiger partial charge in [-0.2, -0.15) is 0 Å². The molecule has 0 atom stereocenters. The fraction of sp³-hybridized carbons (Fsp3) is 0.129. The summed E-state index contributed by atoms with van der Waals surface area (Å²) in [5, 5.41) is 9.85. The fourth-order valence-corrected chi connectivity index (χ4v) is 5.52. The van der Waals surface area contributed by atoms with Crippen molar-refractivity contribution in [3.05, 3.63) is 90.1 Å². The van der Waals surface area contributed by atoms with Crippen molar-refractivity contribution in [2.24, 2.45) is 0 Å². The second kappa shape index (κ2) is 6.79. The van der Waals surface area contributed by atoms with E-state index >= 15 is 0 Å². The molecule has 0 fully saturated rings. The van der Waals surface area contributed by atoms with Crippen LogP contribution in [0.5, 0.6) is 11.5 Å². The first kappa shape index (κ1) is 18.6. The number of aromatic nitrogens is 1. The van der Waals surface area contributed by atoms with Crippen LogP contribution in [0.15, 0.2) is 79.0 Å². The lowest BCUT2D eigenvalue weighted by molar-refractivity contribution is 0.488. The maximum absolute atomic E-state index is 6.59. The Kier molecular flexibility index (Phi) is 3.84. The summed E-state index contributed by atoms with van der Waals surface area (Å²) >= 11 is 0. The summed E-state index contributed by atoms with van der Waals surface area (Å²) < 4.78 is 6.59. The third-order valence-electron chi connectivity index (χ3n) is 7.20. The maximum Gasteiger partial charge on any atom is 0.138 e. The highest BCUT2D eigenvalue weighted by Gasteiger charge is 2.24. The summed E-state index contributed by atoms with van der Waals surface area (Å²) in [5.41, 5.74) is 4.86. The van der Waals surface area contributed by atoms with Crippen molar-refractivity contribution >= 4 is 43.1 Å². The molecule has 0 saturated carbocycles. The Morgan fingerprint density at radius 2 is 1.45 bits per heavy atom. The molecule has 2 heteroatoms. The van der Waals surface area contributed by atoms with E-state index in [1.54, 1.807) is 0 Å². The number of hydrogen-bond donors (Lipinski definition) is 0. The number of hydrogen-bond acceptors (Lipinski definition) is 2. The van der Waals surface area contributed by atoms with Crippen LogP contribution in [0.1, 0.15) is 25.0 Å². The number of rotatable bonds is 2. The molecule has 2 heterocycles. The van der Waals surface area contributed by atoms with E-state index in [1.165, 1.54) is 48.8 Å². The van der Waals surface area contributed by atoms with Crippen molar-refractivity contribution in [3.8, 4) is 22.8 Å². The van der Waals surface area contributed by atoms with Gasteiger partial charge in [-0.1, -0.05) is 62.4 Å². The summed E-state index contributed by atoms with van der Waals surface area (Å²) in [6.45, 7) is 4.47. The quantitative estimate of drug-likeness (QED) is 0.259. The Bertz CT molecular complexity index is 1760. The van der Waals surface area contributed by atoms with Gasteiger partial charge >= 0.3 is 0 Å². The average molecular weight is 426 g/mol. The maximum atomic E-state index is 6.59. The molecule has 158 valence electrons. The molecule has 0 saturated heterocycles. The van der Waals surface area contributed by atoms with Gasteiger partial charge in [-0.25, -0.2) is 0 Å². The molecule has 0 amide bonds. The minimum Gasteiger partial charge on any atom is -0.456 e. The molecule has 0 unspecified atom stereocenters. The number of pyridine rings is 1. The van der Waals surface area contributed by atoms with Crippen molar-refractivity contribution in [1.82, 2.24) is 4.98 Å². The summed E-state index contributed by atoms with van der Waals surface area (Å²) in [5.74, 6) is 1.78. The highest BCUT2D eigenvalue weighted by atomic mass is 16.5. The van der Waals surface area contributed by atoms with Crippen LogP contribution in [0.4, 0.5) is 0 Å². The molecule has 7 rings (SSSR count). The third-order valence-corrected chi connectivity index (χ3v) is 7.20. The molecule has 1 aliphatic heterocycles. The van der Waals surface area contributed by atoms with Crippen LogP contribution in [0, 0.1) is 0 Å². The predicted octanol–water partition coefficient (Wildman–Crippen LogP) is 8.59. The molecule has 33 heavy (non-hydrogen) atoms. The van der Waals surface area contributed by atoms with Gasteiger partial charge in [0.15, 0.2) is 0 Å². The molecular weight excluding hydrogens is 402 g/mol. The van der Waals surface area contributed by atoms with E-state index < -0.39 is 0 Å². The van der Waals surface area contributed by atoms with Crippen LogP contribution < -0.4 is 4.74 Å². The van der Waals surface area contributed by atoms with E-state index in [4.69, 9.17) is 9.72 Å². The number of fused-ring (bicyclic) bond motifs is 7. The van der Waals surface area contributed by atoms with E-state index in [-0.39, 0.29) is 0 Å². The van der Waals surface area contributed by atoms with E-state index in [0.717, 1.165) is 41.0 Å². The highest BCUT2D eigenvalue weighted by Crippen LogP contribution is 2.49. The molecule has 0 radical (unpaired) electrons. The normalized spacial score (nSPS) is 12.4. The Labute approximate surface area is 192 Å². The van der Waals surface area contributed by atoms with E-state index in [0.29, 0.717) is 0 Å². The summed E-state index contributed by atoms with van der Waals surface area (Å²) in [6, 6.07) is 26.5. The lowest BCUT2D eigenvalue weighted by Gasteiger charge is -2.23. The number of nitrogens with zero attached hydrogens (tertiary/aromatic N) is 1. The molecule has 0 N–H and O–H groups in total. The van der Waals surface area contributed by atoms with Crippen LogP contribution >= 0.6 is 0 Å². The fourth-order valence-electron chi connectivity index (χ4n) is 5.52. The zero-order valence-electron chi connectivity index (χ0n) is 18.8. The first-order valence-corrected chi connectivity index (χ1v) is 11.8. The van der Waals surface area contributed by atoms with Gasteiger partial charge in [0.05, 0.1) is 11.1 Å². The molecule has 0 aliphatic carbocycles. The molecule has 0 bridgehead atoms. The van der Waals surface area contributed by atoms with Crippen molar-refractivity contribution in [2.75, 3.05) is 0 Å². The smallest absolute Gasteiger partial charge is 0.138 e. The van der Waals surface area contributed by atoms with Crippen molar-refractivity contribution in [3.63, 3.8) is 0 Å². The minimum atomic E-state index is 0.879. The first-order chi connectivity index (χ1) is 16.2. The van der Waals surface area contributed by atoms with Crippen LogP contribution in [0.25, 0.3) is 54.3 Å². The summed E-state index contributed by atoms with van der Waals surface area (Å²) in [7, 11) is 0. The van der Waals surface area contributed by atoms with E-state index in [9.17, 15) is 0 Å². The van der Waals surface area contributed by atoms with Gasteiger partial charge in [-0.3, -0.25) is 4.98 Å². The Morgan fingerprint density at radius 1 is 0.667 bits per heavy atom. The number of benzene rings is 5. The molecule has 1 aliphatic rings. The van der Waals surface area contributed by atoms with E-state index in [1.807, 2.05) is 6.20 Å². The number of aryl methyl sites for hydroxylation is 2. The molecule has 0 spiro atoms. The molecule has 5 aromatic carbocycles.